The lowest BCUT2D eigenvalue weighted by molar-refractivity contribution is 0.0938. The molecule has 1 aromatic heterocycles. The standard InChI is InChI=1S/C19H14BrNO3/c1-2-10-3-5-11(6-4-10)16-15-17(22)13-9-12(20)7-8-14(13)24-18(15)19(23)21-16/h3-9,16H,2H2,1H3,(H,21,23). The number of amides is 1. The zero-order valence-corrected chi connectivity index (χ0v) is 14.5. The summed E-state index contributed by atoms with van der Waals surface area (Å²) in [7, 11) is 0. The van der Waals surface area contributed by atoms with Crippen molar-refractivity contribution in [2.45, 2.75) is 19.4 Å². The van der Waals surface area contributed by atoms with Crippen LogP contribution in [0, 0.1) is 0 Å². The van der Waals surface area contributed by atoms with E-state index in [-0.39, 0.29) is 17.1 Å². The molecule has 120 valence electrons. The fourth-order valence-corrected chi connectivity index (χ4v) is 3.44. The molecule has 0 fully saturated rings. The van der Waals surface area contributed by atoms with Crippen LogP contribution in [-0.4, -0.2) is 5.91 Å². The van der Waals surface area contributed by atoms with Crippen LogP contribution in [0.25, 0.3) is 11.0 Å². The molecule has 0 bridgehead atoms. The van der Waals surface area contributed by atoms with Gasteiger partial charge in [0.15, 0.2) is 5.43 Å². The predicted octanol–water partition coefficient (Wildman–Crippen LogP) is 3.95. The average molecular weight is 384 g/mol. The van der Waals surface area contributed by atoms with Crippen molar-refractivity contribution in [2.75, 3.05) is 0 Å². The number of benzene rings is 2. The molecule has 4 nitrogen and oxygen atoms in total. The first-order chi connectivity index (χ1) is 11.6. The van der Waals surface area contributed by atoms with Crippen LogP contribution in [0.2, 0.25) is 0 Å². The number of hydrogen-bond donors (Lipinski definition) is 1. The van der Waals surface area contributed by atoms with Crippen molar-refractivity contribution >= 4 is 32.8 Å². The van der Waals surface area contributed by atoms with Gasteiger partial charge in [0.1, 0.15) is 5.58 Å². The summed E-state index contributed by atoms with van der Waals surface area (Å²) in [5.74, 6) is -0.240. The van der Waals surface area contributed by atoms with Gasteiger partial charge in [-0.25, -0.2) is 0 Å². The number of halogens is 1. The third-order valence-electron chi connectivity index (χ3n) is 4.38. The Hall–Kier alpha value is -2.40. The summed E-state index contributed by atoms with van der Waals surface area (Å²) in [5, 5.41) is 3.33. The monoisotopic (exact) mass is 383 g/mol. The van der Waals surface area contributed by atoms with Gasteiger partial charge in [-0.05, 0) is 35.7 Å². The smallest absolute Gasteiger partial charge is 0.288 e. The molecule has 0 radical (unpaired) electrons. The van der Waals surface area contributed by atoms with Crippen molar-refractivity contribution < 1.29 is 9.21 Å². The Morgan fingerprint density at radius 3 is 2.58 bits per heavy atom. The Bertz CT molecular complexity index is 1020. The minimum absolute atomic E-state index is 0.111. The van der Waals surface area contributed by atoms with Crippen LogP contribution in [0.15, 0.2) is 56.1 Å². The van der Waals surface area contributed by atoms with Crippen molar-refractivity contribution in [1.29, 1.82) is 0 Å². The fraction of sp³-hybridized carbons (Fsp3) is 0.158. The maximum Gasteiger partial charge on any atom is 0.288 e. The van der Waals surface area contributed by atoms with Gasteiger partial charge in [-0.15, -0.1) is 0 Å². The second-order valence-corrected chi connectivity index (χ2v) is 6.73. The van der Waals surface area contributed by atoms with E-state index in [0.29, 0.717) is 16.5 Å². The van der Waals surface area contributed by atoms with Crippen LogP contribution in [0.5, 0.6) is 0 Å². The molecular formula is C19H14BrNO3. The highest BCUT2D eigenvalue weighted by atomic mass is 79.9. The number of rotatable bonds is 2. The molecule has 1 unspecified atom stereocenters. The number of hydrogen-bond acceptors (Lipinski definition) is 3. The van der Waals surface area contributed by atoms with Crippen molar-refractivity contribution in [3.8, 4) is 0 Å². The molecule has 1 amide bonds. The summed E-state index contributed by atoms with van der Waals surface area (Å²) in [4.78, 5) is 25.2. The second kappa shape index (κ2) is 5.60. The number of carbonyl (C=O) groups excluding carboxylic acids is 1. The van der Waals surface area contributed by atoms with Crippen LogP contribution in [0.3, 0.4) is 0 Å². The van der Waals surface area contributed by atoms with Crippen LogP contribution in [-0.2, 0) is 6.42 Å². The van der Waals surface area contributed by atoms with E-state index in [0.717, 1.165) is 16.5 Å². The molecular weight excluding hydrogens is 370 g/mol. The topological polar surface area (TPSA) is 59.3 Å². The molecule has 0 saturated heterocycles. The largest absolute Gasteiger partial charge is 0.450 e. The van der Waals surface area contributed by atoms with Gasteiger partial charge in [0.25, 0.3) is 5.91 Å². The summed E-state index contributed by atoms with van der Waals surface area (Å²) in [6.07, 6.45) is 0.939. The Morgan fingerprint density at radius 2 is 1.88 bits per heavy atom. The van der Waals surface area contributed by atoms with Crippen LogP contribution >= 0.6 is 15.9 Å². The van der Waals surface area contributed by atoms with Crippen molar-refractivity contribution in [3.63, 3.8) is 0 Å². The highest BCUT2D eigenvalue weighted by molar-refractivity contribution is 9.10. The van der Waals surface area contributed by atoms with E-state index in [1.54, 1.807) is 18.2 Å². The normalized spacial score (nSPS) is 16.2. The third-order valence-corrected chi connectivity index (χ3v) is 4.87. The molecule has 0 aliphatic carbocycles. The lowest BCUT2D eigenvalue weighted by Crippen LogP contribution is -2.21. The maximum absolute atomic E-state index is 13.0. The van der Waals surface area contributed by atoms with Gasteiger partial charge in [0.2, 0.25) is 5.76 Å². The SMILES string of the molecule is CCc1ccc(C2NC(=O)c3oc4ccc(Br)cc4c(=O)c32)cc1. The molecule has 1 N–H and O–H groups in total. The van der Waals surface area contributed by atoms with Gasteiger partial charge in [-0.3, -0.25) is 9.59 Å². The van der Waals surface area contributed by atoms with E-state index >= 15 is 0 Å². The molecule has 3 aromatic rings. The minimum Gasteiger partial charge on any atom is -0.450 e. The third kappa shape index (κ3) is 2.27. The van der Waals surface area contributed by atoms with Crippen LogP contribution in [0.4, 0.5) is 0 Å². The molecule has 0 spiro atoms. The Kier molecular flexibility index (Phi) is 3.53. The molecule has 1 atom stereocenters. The highest BCUT2D eigenvalue weighted by Crippen LogP contribution is 2.31. The highest BCUT2D eigenvalue weighted by Gasteiger charge is 2.35. The molecule has 1 aliphatic rings. The van der Waals surface area contributed by atoms with Gasteiger partial charge in [-0.2, -0.15) is 0 Å². The van der Waals surface area contributed by atoms with Gasteiger partial charge >= 0.3 is 0 Å². The average Bonchev–Trinajstić information content (AvgIpc) is 2.93. The van der Waals surface area contributed by atoms with Crippen LogP contribution in [0.1, 0.15) is 40.2 Å². The zero-order chi connectivity index (χ0) is 16.8. The fourth-order valence-electron chi connectivity index (χ4n) is 3.08. The summed E-state index contributed by atoms with van der Waals surface area (Å²) in [5.41, 5.74) is 2.71. The first-order valence-corrected chi connectivity index (χ1v) is 8.53. The minimum atomic E-state index is -0.474. The van der Waals surface area contributed by atoms with E-state index < -0.39 is 6.04 Å². The summed E-state index contributed by atoms with van der Waals surface area (Å²) >= 11 is 3.37. The molecule has 2 heterocycles. The predicted molar refractivity (Wildman–Crippen MR) is 95.3 cm³/mol. The molecule has 2 aromatic carbocycles. The van der Waals surface area contributed by atoms with E-state index in [9.17, 15) is 9.59 Å². The first kappa shape index (κ1) is 15.1. The molecule has 24 heavy (non-hydrogen) atoms. The number of fused-ring (bicyclic) bond motifs is 2. The van der Waals surface area contributed by atoms with E-state index in [4.69, 9.17) is 4.42 Å². The summed E-state index contributed by atoms with van der Waals surface area (Å²) < 4.78 is 6.51. The van der Waals surface area contributed by atoms with E-state index in [1.807, 2.05) is 24.3 Å². The van der Waals surface area contributed by atoms with Gasteiger partial charge in [0.05, 0.1) is 17.0 Å². The van der Waals surface area contributed by atoms with E-state index in [1.165, 1.54) is 5.56 Å². The summed E-state index contributed by atoms with van der Waals surface area (Å²) in [6, 6.07) is 12.6. The Balaban J connectivity index is 1.93. The molecule has 5 heteroatoms. The number of nitrogens with one attached hydrogen (secondary N) is 1. The Morgan fingerprint density at radius 1 is 1.12 bits per heavy atom. The lowest BCUT2D eigenvalue weighted by Gasteiger charge is -2.12. The maximum atomic E-state index is 13.0. The number of carbonyl (C=O) groups is 1. The van der Waals surface area contributed by atoms with Crippen molar-refractivity contribution in [3.05, 3.63) is 79.6 Å². The first-order valence-electron chi connectivity index (χ1n) is 7.74. The summed E-state index contributed by atoms with van der Waals surface area (Å²) in [6.45, 7) is 2.08. The zero-order valence-electron chi connectivity index (χ0n) is 12.9. The lowest BCUT2D eigenvalue weighted by atomic mass is 9.98. The van der Waals surface area contributed by atoms with Crippen molar-refractivity contribution in [1.82, 2.24) is 5.32 Å². The van der Waals surface area contributed by atoms with Crippen LogP contribution < -0.4 is 10.7 Å². The second-order valence-electron chi connectivity index (χ2n) is 5.82. The molecule has 0 saturated carbocycles. The number of aryl methyl sites for hydroxylation is 1. The molecule has 1 aliphatic heterocycles. The van der Waals surface area contributed by atoms with Crippen molar-refractivity contribution in [2.24, 2.45) is 0 Å². The molecule has 4 rings (SSSR count). The van der Waals surface area contributed by atoms with Gasteiger partial charge in [0, 0.05) is 4.47 Å². The van der Waals surface area contributed by atoms with Gasteiger partial charge < -0.3 is 9.73 Å². The van der Waals surface area contributed by atoms with E-state index in [2.05, 4.69) is 28.2 Å². The Labute approximate surface area is 146 Å². The van der Waals surface area contributed by atoms with Gasteiger partial charge in [-0.1, -0.05) is 47.1 Å². The quantitative estimate of drug-likeness (QED) is 0.728.